The fourth-order valence-corrected chi connectivity index (χ4v) is 5.11. The zero-order chi connectivity index (χ0) is 31.0. The Bertz CT molecular complexity index is 1300. The Morgan fingerprint density at radius 3 is 2.26 bits per heavy atom. The van der Waals surface area contributed by atoms with Crippen LogP contribution in [0.1, 0.15) is 91.8 Å². The lowest BCUT2D eigenvalue weighted by Crippen LogP contribution is -2.19. The number of ether oxygens (including phenoxy) is 2. The van der Waals surface area contributed by atoms with Crippen molar-refractivity contribution in [3.8, 4) is 17.2 Å². The number of aryl methyl sites for hydroxylation is 1. The van der Waals surface area contributed by atoms with Crippen molar-refractivity contribution in [2.45, 2.75) is 76.8 Å². The Hall–Kier alpha value is -3.65. The third-order valence-corrected chi connectivity index (χ3v) is 7.64. The van der Waals surface area contributed by atoms with Gasteiger partial charge in [0.2, 0.25) is 0 Å². The maximum atomic E-state index is 12.2. The van der Waals surface area contributed by atoms with Gasteiger partial charge in [-0.25, -0.2) is 0 Å². The predicted octanol–water partition coefficient (Wildman–Crippen LogP) is 6.83. The molecule has 7 heteroatoms. The number of phenolic OH excluding ortho intramolecular Hbond substituents is 2. The zero-order valence-corrected chi connectivity index (χ0v) is 25.6. The van der Waals surface area contributed by atoms with Crippen LogP contribution in [0.3, 0.4) is 0 Å². The van der Waals surface area contributed by atoms with Crippen LogP contribution in [0.5, 0.6) is 17.2 Å². The van der Waals surface area contributed by atoms with Gasteiger partial charge in [-0.05, 0) is 78.6 Å². The minimum absolute atomic E-state index is 0.0336. The normalized spacial score (nSPS) is 12.2. The summed E-state index contributed by atoms with van der Waals surface area (Å²) in [5, 5.41) is 21.2. The Morgan fingerprint density at radius 2 is 1.56 bits per heavy atom. The highest BCUT2D eigenvalue weighted by Crippen LogP contribution is 2.36. The molecule has 7 nitrogen and oxygen atoms in total. The maximum absolute atomic E-state index is 12.2. The number of hydrogen-bond donors (Lipinski definition) is 4. The summed E-state index contributed by atoms with van der Waals surface area (Å²) in [6, 6.07) is 18.8. The molecule has 0 aliphatic rings. The summed E-state index contributed by atoms with van der Waals surface area (Å²) in [5.41, 5.74) is 16.4. The highest BCUT2D eigenvalue weighted by Gasteiger charge is 2.19. The van der Waals surface area contributed by atoms with Gasteiger partial charge >= 0.3 is 0 Å². The van der Waals surface area contributed by atoms with Gasteiger partial charge in [0.1, 0.15) is 5.75 Å². The number of carbonyl (C=O) groups excluding carboxylic acids is 1. The summed E-state index contributed by atoms with van der Waals surface area (Å²) >= 11 is 0. The number of rotatable bonds is 19. The van der Waals surface area contributed by atoms with Crippen molar-refractivity contribution >= 4 is 5.78 Å². The molecule has 3 rings (SSSR count). The van der Waals surface area contributed by atoms with Crippen molar-refractivity contribution in [1.29, 1.82) is 0 Å². The van der Waals surface area contributed by atoms with Gasteiger partial charge in [-0.1, -0.05) is 68.3 Å². The van der Waals surface area contributed by atoms with E-state index in [0.29, 0.717) is 38.2 Å². The summed E-state index contributed by atoms with van der Waals surface area (Å²) in [5.74, 6) is 0.775. The van der Waals surface area contributed by atoms with E-state index in [1.54, 1.807) is 31.4 Å². The van der Waals surface area contributed by atoms with Crippen LogP contribution in [0, 0.1) is 0 Å². The van der Waals surface area contributed by atoms with E-state index in [-0.39, 0.29) is 23.2 Å². The number of benzene rings is 3. The molecular weight excluding hydrogens is 540 g/mol. The number of unbranched alkanes of at least 4 members (excludes halogenated alkanes) is 3. The zero-order valence-electron chi connectivity index (χ0n) is 25.6. The van der Waals surface area contributed by atoms with Crippen molar-refractivity contribution in [1.82, 2.24) is 0 Å². The van der Waals surface area contributed by atoms with Crippen LogP contribution in [0.25, 0.3) is 0 Å². The molecule has 0 radical (unpaired) electrons. The van der Waals surface area contributed by atoms with Gasteiger partial charge in [0, 0.05) is 38.0 Å². The van der Waals surface area contributed by atoms with E-state index in [9.17, 15) is 15.0 Å². The summed E-state index contributed by atoms with van der Waals surface area (Å²) in [4.78, 5) is 12.2. The molecule has 0 bridgehead atoms. The minimum atomic E-state index is -0.539. The molecule has 43 heavy (non-hydrogen) atoms. The number of nitrogens with two attached hydrogens (primary N) is 2. The van der Waals surface area contributed by atoms with Crippen LogP contribution in [-0.2, 0) is 22.4 Å². The molecule has 0 heterocycles. The van der Waals surface area contributed by atoms with Crippen molar-refractivity contribution < 1.29 is 24.5 Å². The number of methoxy groups -OCH3 is 1. The number of carbonyl (C=O) groups is 1. The van der Waals surface area contributed by atoms with Gasteiger partial charge in [0.15, 0.2) is 17.3 Å². The SMILES string of the molecule is CCCCCC=CC(=O)CCc1ccc(O)c(OCCc2ccc(O)c(C(CCCOC)c3ccc(C(N)N)cc3)c2)c1. The Kier molecular flexibility index (Phi) is 14.3. The maximum Gasteiger partial charge on any atom is 0.161 e. The Morgan fingerprint density at radius 1 is 0.860 bits per heavy atom. The topological polar surface area (TPSA) is 128 Å². The standard InChI is InChI=1S/C36H48N2O5/c1-3-4-5-6-7-9-30(39)18-11-26-13-20-34(41)35(25-26)43-23-21-27-12-19-33(40)32(24-27)31(10-8-22-42-2)28-14-16-29(17-15-28)36(37)38/h7,9,12-17,19-20,24-25,31,36,40-41H,3-6,8,10-11,18,21-23,37-38H2,1-2H3. The largest absolute Gasteiger partial charge is 0.508 e. The average molecular weight is 589 g/mol. The molecule has 0 saturated heterocycles. The first-order chi connectivity index (χ1) is 20.8. The van der Waals surface area contributed by atoms with Crippen LogP contribution in [0.15, 0.2) is 72.8 Å². The molecule has 1 unspecified atom stereocenters. The quantitative estimate of drug-likeness (QED) is 0.0686. The van der Waals surface area contributed by atoms with Crippen LogP contribution < -0.4 is 16.2 Å². The van der Waals surface area contributed by atoms with E-state index < -0.39 is 6.17 Å². The van der Waals surface area contributed by atoms with Crippen LogP contribution >= 0.6 is 0 Å². The lowest BCUT2D eigenvalue weighted by atomic mass is 9.85. The average Bonchev–Trinajstić information content (AvgIpc) is 3.00. The highest BCUT2D eigenvalue weighted by atomic mass is 16.5. The molecule has 1 atom stereocenters. The van der Waals surface area contributed by atoms with E-state index >= 15 is 0 Å². The van der Waals surface area contributed by atoms with Gasteiger partial charge in [-0.15, -0.1) is 0 Å². The summed E-state index contributed by atoms with van der Waals surface area (Å²) in [7, 11) is 1.69. The van der Waals surface area contributed by atoms with Gasteiger partial charge in [0.25, 0.3) is 0 Å². The first-order valence-electron chi connectivity index (χ1n) is 15.4. The molecule has 0 spiro atoms. The third-order valence-electron chi connectivity index (χ3n) is 7.64. The smallest absolute Gasteiger partial charge is 0.161 e. The molecule has 0 amide bonds. The summed E-state index contributed by atoms with van der Waals surface area (Å²) in [6.45, 7) is 3.14. The van der Waals surface area contributed by atoms with Crippen molar-refractivity contribution in [2.75, 3.05) is 20.3 Å². The molecule has 0 aliphatic heterocycles. The second-order valence-corrected chi connectivity index (χ2v) is 11.0. The lowest BCUT2D eigenvalue weighted by molar-refractivity contribution is -0.114. The fourth-order valence-electron chi connectivity index (χ4n) is 5.11. The van der Waals surface area contributed by atoms with Gasteiger partial charge in [-0.2, -0.15) is 0 Å². The van der Waals surface area contributed by atoms with Gasteiger partial charge in [-0.3, -0.25) is 4.79 Å². The highest BCUT2D eigenvalue weighted by molar-refractivity contribution is 5.89. The molecule has 0 aliphatic carbocycles. The van der Waals surface area contributed by atoms with E-state index in [1.165, 1.54) is 12.8 Å². The Balaban J connectivity index is 1.64. The Labute approximate surface area is 256 Å². The number of phenols is 2. The third kappa shape index (κ3) is 11.2. The number of aromatic hydroxyl groups is 2. The second-order valence-electron chi connectivity index (χ2n) is 11.0. The fraction of sp³-hybridized carbons (Fsp3) is 0.417. The molecular formula is C36H48N2O5. The first-order valence-corrected chi connectivity index (χ1v) is 15.4. The first kappa shape index (κ1) is 33.8. The van der Waals surface area contributed by atoms with Crippen LogP contribution in [0.4, 0.5) is 0 Å². The predicted molar refractivity (Wildman–Crippen MR) is 173 cm³/mol. The summed E-state index contributed by atoms with van der Waals surface area (Å²) in [6.07, 6.45) is 10.7. The molecule has 0 fully saturated rings. The lowest BCUT2D eigenvalue weighted by Gasteiger charge is -2.21. The van der Waals surface area contributed by atoms with Crippen LogP contribution in [-0.4, -0.2) is 36.3 Å². The van der Waals surface area contributed by atoms with E-state index in [1.807, 2.05) is 48.5 Å². The molecule has 6 N–H and O–H groups in total. The number of allylic oxidation sites excluding steroid dienone is 2. The van der Waals surface area contributed by atoms with Crippen LogP contribution in [0.2, 0.25) is 0 Å². The number of hydrogen-bond acceptors (Lipinski definition) is 7. The number of ketones is 1. The van der Waals surface area contributed by atoms with Crippen molar-refractivity contribution in [3.63, 3.8) is 0 Å². The molecule has 232 valence electrons. The van der Waals surface area contributed by atoms with Crippen molar-refractivity contribution in [2.24, 2.45) is 11.5 Å². The molecule has 3 aromatic carbocycles. The van der Waals surface area contributed by atoms with E-state index in [4.69, 9.17) is 20.9 Å². The van der Waals surface area contributed by atoms with Crippen molar-refractivity contribution in [3.05, 3.63) is 101 Å². The van der Waals surface area contributed by atoms with Gasteiger partial charge < -0.3 is 31.2 Å². The van der Waals surface area contributed by atoms with E-state index in [0.717, 1.165) is 53.5 Å². The molecule has 3 aromatic rings. The molecule has 0 saturated carbocycles. The summed E-state index contributed by atoms with van der Waals surface area (Å²) < 4.78 is 11.3. The molecule has 0 aromatic heterocycles. The monoisotopic (exact) mass is 588 g/mol. The second kappa shape index (κ2) is 18.1. The minimum Gasteiger partial charge on any atom is -0.508 e. The van der Waals surface area contributed by atoms with E-state index in [2.05, 4.69) is 6.92 Å². The van der Waals surface area contributed by atoms with Gasteiger partial charge in [0.05, 0.1) is 12.8 Å².